The van der Waals surface area contributed by atoms with Gasteiger partial charge in [0.1, 0.15) is 5.52 Å². The number of rotatable bonds is 3. The number of fused-ring (bicyclic) bond motifs is 1. The zero-order valence-electron chi connectivity index (χ0n) is 12.5. The lowest BCUT2D eigenvalue weighted by molar-refractivity contribution is 0.579. The van der Waals surface area contributed by atoms with Gasteiger partial charge in [0.05, 0.1) is 5.69 Å². The minimum Gasteiger partial charge on any atom is -0.352 e. The summed E-state index contributed by atoms with van der Waals surface area (Å²) in [6.45, 7) is 8.32. The van der Waals surface area contributed by atoms with Gasteiger partial charge in [-0.3, -0.25) is 0 Å². The highest BCUT2D eigenvalue weighted by Crippen LogP contribution is 2.30. The summed E-state index contributed by atoms with van der Waals surface area (Å²) in [7, 11) is 0. The van der Waals surface area contributed by atoms with Crippen molar-refractivity contribution in [2.75, 3.05) is 18.0 Å². The van der Waals surface area contributed by atoms with E-state index in [9.17, 15) is 0 Å². The van der Waals surface area contributed by atoms with Crippen molar-refractivity contribution in [3.8, 4) is 0 Å². The summed E-state index contributed by atoms with van der Waals surface area (Å²) in [5.41, 5.74) is 8.04. The SMILES string of the molecule is CC(C)c1cc2c(N3CC(CN)CC3C)nccn2n1. The van der Waals surface area contributed by atoms with Gasteiger partial charge < -0.3 is 10.6 Å². The summed E-state index contributed by atoms with van der Waals surface area (Å²) in [5, 5.41) is 4.63. The zero-order valence-corrected chi connectivity index (χ0v) is 12.5. The maximum Gasteiger partial charge on any atom is 0.154 e. The summed E-state index contributed by atoms with van der Waals surface area (Å²) in [5.74, 6) is 2.03. The Kier molecular flexibility index (Phi) is 3.38. The van der Waals surface area contributed by atoms with Crippen LogP contribution in [0.5, 0.6) is 0 Å². The van der Waals surface area contributed by atoms with Crippen LogP contribution in [0.3, 0.4) is 0 Å². The van der Waals surface area contributed by atoms with Crippen LogP contribution in [0.2, 0.25) is 0 Å². The molecule has 5 nitrogen and oxygen atoms in total. The third kappa shape index (κ3) is 2.16. The molecule has 3 heterocycles. The Hall–Kier alpha value is -1.62. The van der Waals surface area contributed by atoms with E-state index in [2.05, 4.69) is 41.8 Å². The fourth-order valence-electron chi connectivity index (χ4n) is 3.04. The van der Waals surface area contributed by atoms with Crippen LogP contribution >= 0.6 is 0 Å². The fraction of sp³-hybridized carbons (Fsp3) is 0.600. The van der Waals surface area contributed by atoms with Crippen molar-refractivity contribution in [1.29, 1.82) is 0 Å². The van der Waals surface area contributed by atoms with Crippen LogP contribution in [0.25, 0.3) is 5.52 Å². The highest BCUT2D eigenvalue weighted by molar-refractivity contribution is 5.70. The van der Waals surface area contributed by atoms with Gasteiger partial charge in [0.15, 0.2) is 5.82 Å². The highest BCUT2D eigenvalue weighted by Gasteiger charge is 2.30. The molecule has 1 fully saturated rings. The molecule has 0 aliphatic carbocycles. The maximum atomic E-state index is 5.83. The lowest BCUT2D eigenvalue weighted by Crippen LogP contribution is -2.28. The molecule has 2 atom stereocenters. The van der Waals surface area contributed by atoms with Gasteiger partial charge in [-0.05, 0) is 37.8 Å². The van der Waals surface area contributed by atoms with E-state index in [1.54, 1.807) is 0 Å². The molecular formula is C15H23N5. The summed E-state index contributed by atoms with van der Waals surface area (Å²) < 4.78 is 1.94. The van der Waals surface area contributed by atoms with Gasteiger partial charge in [0, 0.05) is 25.0 Å². The van der Waals surface area contributed by atoms with E-state index in [-0.39, 0.29) is 0 Å². The van der Waals surface area contributed by atoms with Crippen molar-refractivity contribution < 1.29 is 0 Å². The van der Waals surface area contributed by atoms with Crippen LogP contribution in [0.4, 0.5) is 5.82 Å². The molecule has 2 N–H and O–H groups in total. The van der Waals surface area contributed by atoms with Gasteiger partial charge in [-0.15, -0.1) is 0 Å². The van der Waals surface area contributed by atoms with Crippen molar-refractivity contribution in [3.63, 3.8) is 0 Å². The van der Waals surface area contributed by atoms with Crippen molar-refractivity contribution in [3.05, 3.63) is 24.2 Å². The number of anilines is 1. The first-order valence-corrected chi connectivity index (χ1v) is 7.41. The van der Waals surface area contributed by atoms with E-state index in [1.807, 2.05) is 16.9 Å². The molecule has 108 valence electrons. The fourth-order valence-corrected chi connectivity index (χ4v) is 3.04. The van der Waals surface area contributed by atoms with E-state index in [4.69, 9.17) is 5.73 Å². The summed E-state index contributed by atoms with van der Waals surface area (Å²) in [6.07, 6.45) is 4.90. The first kappa shape index (κ1) is 13.4. The molecule has 1 aliphatic rings. The van der Waals surface area contributed by atoms with Crippen LogP contribution in [0.15, 0.2) is 18.5 Å². The molecule has 0 radical (unpaired) electrons. The monoisotopic (exact) mass is 273 g/mol. The molecule has 20 heavy (non-hydrogen) atoms. The van der Waals surface area contributed by atoms with Crippen LogP contribution < -0.4 is 10.6 Å². The second kappa shape index (κ2) is 5.05. The number of hydrogen-bond acceptors (Lipinski definition) is 4. The number of nitrogens with two attached hydrogens (primary N) is 1. The van der Waals surface area contributed by atoms with Gasteiger partial charge in [-0.2, -0.15) is 5.10 Å². The molecule has 2 aromatic heterocycles. The molecule has 2 unspecified atom stereocenters. The topological polar surface area (TPSA) is 59.5 Å². The summed E-state index contributed by atoms with van der Waals surface area (Å²) in [6, 6.07) is 2.65. The minimum absolute atomic E-state index is 0.426. The number of nitrogens with zero attached hydrogens (tertiary/aromatic N) is 4. The average molecular weight is 273 g/mol. The molecule has 0 aromatic carbocycles. The first-order valence-electron chi connectivity index (χ1n) is 7.41. The van der Waals surface area contributed by atoms with Crippen LogP contribution in [-0.2, 0) is 0 Å². The van der Waals surface area contributed by atoms with Crippen molar-refractivity contribution in [1.82, 2.24) is 14.6 Å². The molecule has 5 heteroatoms. The molecular weight excluding hydrogens is 250 g/mol. The second-order valence-corrected chi connectivity index (χ2v) is 6.14. The lowest BCUT2D eigenvalue weighted by Gasteiger charge is -2.23. The Labute approximate surface area is 119 Å². The van der Waals surface area contributed by atoms with Crippen molar-refractivity contribution >= 4 is 11.3 Å². The van der Waals surface area contributed by atoms with E-state index in [0.29, 0.717) is 17.9 Å². The highest BCUT2D eigenvalue weighted by atomic mass is 15.3. The molecule has 0 saturated carbocycles. The minimum atomic E-state index is 0.426. The molecule has 1 saturated heterocycles. The van der Waals surface area contributed by atoms with Crippen LogP contribution in [0, 0.1) is 5.92 Å². The van der Waals surface area contributed by atoms with Crippen LogP contribution in [-0.4, -0.2) is 33.7 Å². The molecule has 0 amide bonds. The molecule has 3 rings (SSSR count). The molecule has 0 spiro atoms. The maximum absolute atomic E-state index is 5.83. The van der Waals surface area contributed by atoms with Gasteiger partial charge >= 0.3 is 0 Å². The van der Waals surface area contributed by atoms with E-state index in [0.717, 1.165) is 36.5 Å². The quantitative estimate of drug-likeness (QED) is 0.929. The van der Waals surface area contributed by atoms with Crippen molar-refractivity contribution in [2.24, 2.45) is 11.7 Å². The summed E-state index contributed by atoms with van der Waals surface area (Å²) >= 11 is 0. The Morgan fingerprint density at radius 1 is 1.45 bits per heavy atom. The Bertz CT molecular complexity index is 603. The summed E-state index contributed by atoms with van der Waals surface area (Å²) in [4.78, 5) is 6.98. The van der Waals surface area contributed by atoms with Gasteiger partial charge in [0.25, 0.3) is 0 Å². The van der Waals surface area contributed by atoms with E-state index < -0.39 is 0 Å². The lowest BCUT2D eigenvalue weighted by atomic mass is 10.1. The first-order chi connectivity index (χ1) is 9.60. The standard InChI is InChI=1S/C15H23N5/c1-10(2)13-7-14-15(17-4-5-20(14)18-13)19-9-12(8-16)6-11(19)3/h4-5,7,10-12H,6,8-9,16H2,1-3H3. The molecule has 1 aliphatic heterocycles. The predicted octanol–water partition coefficient (Wildman–Crippen LogP) is 2.03. The van der Waals surface area contributed by atoms with Gasteiger partial charge in [-0.25, -0.2) is 9.50 Å². The van der Waals surface area contributed by atoms with Gasteiger partial charge in [0.2, 0.25) is 0 Å². The Morgan fingerprint density at radius 3 is 2.90 bits per heavy atom. The normalized spacial score (nSPS) is 23.1. The van der Waals surface area contributed by atoms with Crippen LogP contribution in [0.1, 0.15) is 38.8 Å². The van der Waals surface area contributed by atoms with Gasteiger partial charge in [-0.1, -0.05) is 13.8 Å². The van der Waals surface area contributed by atoms with Crippen molar-refractivity contribution in [2.45, 2.75) is 39.2 Å². The smallest absolute Gasteiger partial charge is 0.154 e. The third-order valence-electron chi connectivity index (χ3n) is 4.25. The largest absolute Gasteiger partial charge is 0.352 e. The predicted molar refractivity (Wildman–Crippen MR) is 81.0 cm³/mol. The third-order valence-corrected chi connectivity index (χ3v) is 4.25. The zero-order chi connectivity index (χ0) is 14.3. The Morgan fingerprint density at radius 2 is 2.25 bits per heavy atom. The second-order valence-electron chi connectivity index (χ2n) is 6.14. The average Bonchev–Trinajstić information content (AvgIpc) is 3.01. The number of hydrogen-bond donors (Lipinski definition) is 1. The number of aromatic nitrogens is 3. The Balaban J connectivity index is 2.03. The molecule has 0 bridgehead atoms. The molecule has 2 aromatic rings. The van der Waals surface area contributed by atoms with E-state index in [1.165, 1.54) is 0 Å². The van der Waals surface area contributed by atoms with E-state index >= 15 is 0 Å².